The normalized spacial score (nSPS) is 13.8. The van der Waals surface area contributed by atoms with Crippen LogP contribution in [0.2, 0.25) is 0 Å². The fraction of sp³-hybridized carbons (Fsp3) is 0.833. The third-order valence-corrected chi connectivity index (χ3v) is 2.76. The van der Waals surface area contributed by atoms with Gasteiger partial charge in [0.25, 0.3) is 0 Å². The Bertz CT molecular complexity index is 271. The van der Waals surface area contributed by atoms with Crippen molar-refractivity contribution in [3.63, 3.8) is 0 Å². The summed E-state index contributed by atoms with van der Waals surface area (Å²) in [5.74, 6) is -0.718. The maximum absolute atomic E-state index is 12.0. The van der Waals surface area contributed by atoms with Crippen LogP contribution in [0.1, 0.15) is 33.1 Å². The van der Waals surface area contributed by atoms with Crippen LogP contribution >= 0.6 is 0 Å². The van der Waals surface area contributed by atoms with Crippen LogP contribution in [0.15, 0.2) is 0 Å². The molecule has 0 aromatic rings. The second-order valence-corrected chi connectivity index (χ2v) is 4.21. The standard InChI is InChI=1S/C12H24N2O4/c1-3-5-12(9-13,11(17)18-4-2)8-10(16)14-6-7-15/h15H,3-9,13H2,1-2H3,(H,14,16). The number of aliphatic hydroxyl groups excluding tert-OH is 1. The van der Waals surface area contributed by atoms with Gasteiger partial charge in [0, 0.05) is 19.5 Å². The maximum Gasteiger partial charge on any atom is 0.313 e. The Balaban J connectivity index is 4.73. The largest absolute Gasteiger partial charge is 0.466 e. The Hall–Kier alpha value is -1.14. The van der Waals surface area contributed by atoms with Gasteiger partial charge in [-0.2, -0.15) is 0 Å². The minimum atomic E-state index is -0.954. The van der Waals surface area contributed by atoms with Crippen molar-refractivity contribution >= 4 is 11.9 Å². The number of esters is 1. The lowest BCUT2D eigenvalue weighted by Gasteiger charge is -2.29. The van der Waals surface area contributed by atoms with E-state index in [0.29, 0.717) is 6.42 Å². The van der Waals surface area contributed by atoms with Gasteiger partial charge in [-0.1, -0.05) is 13.3 Å². The first-order valence-electron chi connectivity index (χ1n) is 6.31. The predicted octanol–water partition coefficient (Wildman–Crippen LogP) is -0.207. The van der Waals surface area contributed by atoms with Crippen molar-refractivity contribution in [2.24, 2.45) is 11.1 Å². The van der Waals surface area contributed by atoms with E-state index in [0.717, 1.165) is 6.42 Å². The average Bonchev–Trinajstić information content (AvgIpc) is 2.36. The van der Waals surface area contributed by atoms with Crippen LogP contribution in [0.3, 0.4) is 0 Å². The smallest absolute Gasteiger partial charge is 0.313 e. The number of hydrogen-bond donors (Lipinski definition) is 3. The molecule has 0 aromatic heterocycles. The summed E-state index contributed by atoms with van der Waals surface area (Å²) >= 11 is 0. The van der Waals surface area contributed by atoms with Gasteiger partial charge in [-0.3, -0.25) is 9.59 Å². The molecule has 18 heavy (non-hydrogen) atoms. The summed E-state index contributed by atoms with van der Waals surface area (Å²) in [5.41, 5.74) is 4.72. The van der Waals surface area contributed by atoms with Crippen LogP contribution in [-0.4, -0.2) is 43.3 Å². The lowest BCUT2D eigenvalue weighted by molar-refractivity contribution is -0.157. The summed E-state index contributed by atoms with van der Waals surface area (Å²) in [6, 6.07) is 0. The second-order valence-electron chi connectivity index (χ2n) is 4.21. The maximum atomic E-state index is 12.0. The SMILES string of the molecule is CCCC(CN)(CC(=O)NCCO)C(=O)OCC. The second kappa shape index (κ2) is 8.88. The molecule has 0 aliphatic carbocycles. The Labute approximate surface area is 108 Å². The van der Waals surface area contributed by atoms with Gasteiger partial charge in [0.2, 0.25) is 5.91 Å². The van der Waals surface area contributed by atoms with Crippen LogP contribution in [0.4, 0.5) is 0 Å². The molecule has 0 aliphatic heterocycles. The van der Waals surface area contributed by atoms with Gasteiger partial charge in [-0.25, -0.2) is 0 Å². The number of carbonyl (C=O) groups is 2. The quantitative estimate of drug-likeness (QED) is 0.498. The third-order valence-electron chi connectivity index (χ3n) is 2.76. The van der Waals surface area contributed by atoms with Gasteiger partial charge >= 0.3 is 5.97 Å². The number of hydrogen-bond acceptors (Lipinski definition) is 5. The molecule has 0 saturated heterocycles. The van der Waals surface area contributed by atoms with Crippen molar-refractivity contribution in [2.45, 2.75) is 33.1 Å². The highest BCUT2D eigenvalue weighted by Crippen LogP contribution is 2.29. The predicted molar refractivity (Wildman–Crippen MR) is 67.7 cm³/mol. The summed E-state index contributed by atoms with van der Waals surface area (Å²) < 4.78 is 5.01. The highest BCUT2D eigenvalue weighted by Gasteiger charge is 2.39. The number of aliphatic hydroxyl groups is 1. The van der Waals surface area contributed by atoms with Crippen molar-refractivity contribution < 1.29 is 19.4 Å². The molecule has 0 bridgehead atoms. The monoisotopic (exact) mass is 260 g/mol. The van der Waals surface area contributed by atoms with Gasteiger partial charge in [0.05, 0.1) is 18.6 Å². The number of ether oxygens (including phenoxy) is 1. The van der Waals surface area contributed by atoms with E-state index in [4.69, 9.17) is 15.6 Å². The molecule has 0 saturated carbocycles. The first-order valence-corrected chi connectivity index (χ1v) is 6.31. The fourth-order valence-corrected chi connectivity index (χ4v) is 1.85. The zero-order valence-corrected chi connectivity index (χ0v) is 11.2. The van der Waals surface area contributed by atoms with E-state index in [-0.39, 0.29) is 38.6 Å². The lowest BCUT2D eigenvalue weighted by Crippen LogP contribution is -2.44. The Morgan fingerprint density at radius 3 is 2.50 bits per heavy atom. The van der Waals surface area contributed by atoms with E-state index in [1.165, 1.54) is 0 Å². The summed E-state index contributed by atoms with van der Waals surface area (Å²) in [6.07, 6.45) is 1.24. The molecule has 0 aliphatic rings. The number of rotatable bonds is 9. The number of amides is 1. The molecule has 1 atom stereocenters. The molecular formula is C12H24N2O4. The van der Waals surface area contributed by atoms with E-state index < -0.39 is 11.4 Å². The summed E-state index contributed by atoms with van der Waals surface area (Å²) in [7, 11) is 0. The summed E-state index contributed by atoms with van der Waals surface area (Å²) in [6.45, 7) is 4.03. The molecule has 0 fully saturated rings. The van der Waals surface area contributed by atoms with E-state index in [2.05, 4.69) is 5.32 Å². The van der Waals surface area contributed by atoms with Crippen molar-refractivity contribution in [1.82, 2.24) is 5.32 Å². The summed E-state index contributed by atoms with van der Waals surface area (Å²) in [5, 5.41) is 11.2. The molecule has 0 radical (unpaired) electrons. The zero-order chi connectivity index (χ0) is 14.0. The van der Waals surface area contributed by atoms with E-state index >= 15 is 0 Å². The topological polar surface area (TPSA) is 102 Å². The fourth-order valence-electron chi connectivity index (χ4n) is 1.85. The van der Waals surface area contributed by atoms with Crippen LogP contribution < -0.4 is 11.1 Å². The molecule has 6 heteroatoms. The molecule has 1 unspecified atom stereocenters. The molecule has 0 aromatic carbocycles. The number of nitrogens with one attached hydrogen (secondary N) is 1. The third kappa shape index (κ3) is 5.01. The number of nitrogens with two attached hydrogens (primary N) is 1. The molecule has 0 rings (SSSR count). The van der Waals surface area contributed by atoms with Crippen molar-refractivity contribution in [3.05, 3.63) is 0 Å². The van der Waals surface area contributed by atoms with Gasteiger partial charge in [-0.15, -0.1) is 0 Å². The molecule has 0 spiro atoms. The molecule has 6 nitrogen and oxygen atoms in total. The lowest BCUT2D eigenvalue weighted by atomic mass is 9.80. The van der Waals surface area contributed by atoms with E-state index in [9.17, 15) is 9.59 Å². The first kappa shape index (κ1) is 16.9. The zero-order valence-electron chi connectivity index (χ0n) is 11.2. The number of carbonyl (C=O) groups excluding carboxylic acids is 2. The van der Waals surface area contributed by atoms with Crippen LogP contribution in [0.25, 0.3) is 0 Å². The van der Waals surface area contributed by atoms with Gasteiger partial charge in [-0.05, 0) is 13.3 Å². The van der Waals surface area contributed by atoms with Gasteiger partial charge in [0.1, 0.15) is 0 Å². The molecular weight excluding hydrogens is 236 g/mol. The molecule has 1 amide bonds. The minimum absolute atomic E-state index is 0.00380. The van der Waals surface area contributed by atoms with Gasteiger partial charge in [0.15, 0.2) is 0 Å². The van der Waals surface area contributed by atoms with Crippen molar-refractivity contribution in [2.75, 3.05) is 26.3 Å². The minimum Gasteiger partial charge on any atom is -0.466 e. The van der Waals surface area contributed by atoms with E-state index in [1.54, 1.807) is 6.92 Å². The Morgan fingerprint density at radius 1 is 1.39 bits per heavy atom. The molecule has 106 valence electrons. The highest BCUT2D eigenvalue weighted by atomic mass is 16.5. The first-order chi connectivity index (χ1) is 8.56. The van der Waals surface area contributed by atoms with E-state index in [1.807, 2.05) is 6.92 Å². The van der Waals surface area contributed by atoms with Crippen LogP contribution in [-0.2, 0) is 14.3 Å². The van der Waals surface area contributed by atoms with Crippen molar-refractivity contribution in [3.8, 4) is 0 Å². The Kier molecular flexibility index (Phi) is 8.32. The summed E-state index contributed by atoms with van der Waals surface area (Å²) in [4.78, 5) is 23.6. The van der Waals surface area contributed by atoms with Gasteiger partial charge < -0.3 is 20.9 Å². The van der Waals surface area contributed by atoms with Crippen molar-refractivity contribution in [1.29, 1.82) is 0 Å². The van der Waals surface area contributed by atoms with Crippen LogP contribution in [0.5, 0.6) is 0 Å². The van der Waals surface area contributed by atoms with Crippen LogP contribution in [0, 0.1) is 5.41 Å². The molecule has 0 heterocycles. The highest BCUT2D eigenvalue weighted by molar-refractivity contribution is 5.86. The molecule has 4 N–H and O–H groups in total. The Morgan fingerprint density at radius 2 is 2.06 bits per heavy atom. The average molecular weight is 260 g/mol.